The summed E-state index contributed by atoms with van der Waals surface area (Å²) >= 11 is 0. The first-order chi connectivity index (χ1) is 8.70. The van der Waals surface area contributed by atoms with Crippen LogP contribution in [0.25, 0.3) is 16.8 Å². The molecule has 1 N–H and O–H groups in total. The highest BCUT2D eigenvalue weighted by Gasteiger charge is 2.03. The van der Waals surface area contributed by atoms with Gasteiger partial charge >= 0.3 is 5.97 Å². The number of rotatable bonds is 3. The molecule has 2 aromatic rings. The third kappa shape index (κ3) is 2.55. The normalized spacial score (nSPS) is 10.6. The van der Waals surface area contributed by atoms with E-state index in [2.05, 4.69) is 0 Å². The van der Waals surface area contributed by atoms with Crippen LogP contribution in [-0.4, -0.2) is 11.1 Å². The predicted molar refractivity (Wildman–Crippen MR) is 70.2 cm³/mol. The number of aromatic carboxylic acids is 1. The number of carbonyl (C=O) groups is 1. The highest BCUT2D eigenvalue weighted by molar-refractivity contribution is 5.94. The van der Waals surface area contributed by atoms with Gasteiger partial charge in [-0.2, -0.15) is 5.26 Å². The lowest BCUT2D eigenvalue weighted by Gasteiger charge is -2.01. The van der Waals surface area contributed by atoms with E-state index in [0.717, 1.165) is 16.3 Å². The zero-order valence-corrected chi connectivity index (χ0v) is 9.63. The van der Waals surface area contributed by atoms with E-state index in [1.807, 2.05) is 30.3 Å². The fourth-order valence-electron chi connectivity index (χ4n) is 1.75. The Morgan fingerprint density at radius 1 is 1.22 bits per heavy atom. The molecule has 0 atom stereocenters. The molecule has 0 aromatic heterocycles. The van der Waals surface area contributed by atoms with Crippen LogP contribution in [-0.2, 0) is 0 Å². The van der Waals surface area contributed by atoms with Crippen LogP contribution < -0.4 is 0 Å². The van der Waals surface area contributed by atoms with Crippen molar-refractivity contribution in [1.29, 1.82) is 5.26 Å². The first kappa shape index (κ1) is 11.9. The summed E-state index contributed by atoms with van der Waals surface area (Å²) < 4.78 is 0. The topological polar surface area (TPSA) is 61.1 Å². The second-order valence-electron chi connectivity index (χ2n) is 3.89. The van der Waals surface area contributed by atoms with Crippen molar-refractivity contribution in [2.45, 2.75) is 6.42 Å². The highest BCUT2D eigenvalue weighted by Crippen LogP contribution is 2.19. The Balaban J connectivity index is 2.39. The molecule has 18 heavy (non-hydrogen) atoms. The Bertz CT molecular complexity index is 666. The minimum Gasteiger partial charge on any atom is -0.478 e. The second-order valence-corrected chi connectivity index (χ2v) is 3.89. The lowest BCUT2D eigenvalue weighted by atomic mass is 10.0. The molecule has 0 unspecified atom stereocenters. The van der Waals surface area contributed by atoms with Crippen LogP contribution in [0.4, 0.5) is 0 Å². The van der Waals surface area contributed by atoms with E-state index < -0.39 is 5.97 Å². The number of hydrogen-bond donors (Lipinski definition) is 1. The van der Waals surface area contributed by atoms with Crippen molar-refractivity contribution in [2.24, 2.45) is 0 Å². The van der Waals surface area contributed by atoms with Crippen molar-refractivity contribution >= 4 is 22.8 Å². The molecule has 0 spiro atoms. The lowest BCUT2D eigenvalue weighted by Crippen LogP contribution is -1.95. The van der Waals surface area contributed by atoms with Crippen LogP contribution in [0.1, 0.15) is 22.3 Å². The number of carboxylic acids is 1. The van der Waals surface area contributed by atoms with Gasteiger partial charge < -0.3 is 5.11 Å². The molecule has 0 aliphatic heterocycles. The van der Waals surface area contributed by atoms with Crippen LogP contribution in [0, 0.1) is 11.3 Å². The molecule has 0 saturated heterocycles. The molecule has 0 heterocycles. The molecule has 3 nitrogen and oxygen atoms in total. The monoisotopic (exact) mass is 237 g/mol. The average molecular weight is 237 g/mol. The molecule has 3 heteroatoms. The molecule has 0 aliphatic rings. The van der Waals surface area contributed by atoms with Gasteiger partial charge in [-0.05, 0) is 34.5 Å². The van der Waals surface area contributed by atoms with E-state index in [9.17, 15) is 4.79 Å². The van der Waals surface area contributed by atoms with E-state index in [-0.39, 0.29) is 5.56 Å². The molecular weight excluding hydrogens is 226 g/mol. The van der Waals surface area contributed by atoms with E-state index in [0.29, 0.717) is 6.42 Å². The Kier molecular flexibility index (Phi) is 3.40. The summed E-state index contributed by atoms with van der Waals surface area (Å²) in [4.78, 5) is 10.8. The van der Waals surface area contributed by atoms with Gasteiger partial charge in [0, 0.05) is 0 Å². The second kappa shape index (κ2) is 5.15. The van der Waals surface area contributed by atoms with E-state index in [1.165, 1.54) is 0 Å². The number of nitriles is 1. The summed E-state index contributed by atoms with van der Waals surface area (Å²) in [6.45, 7) is 0. The van der Waals surface area contributed by atoms with Crippen LogP contribution in [0.3, 0.4) is 0 Å². The number of benzene rings is 2. The summed E-state index contributed by atoms with van der Waals surface area (Å²) in [7, 11) is 0. The molecular formula is C15H11NO2. The van der Waals surface area contributed by atoms with Gasteiger partial charge in [0.15, 0.2) is 0 Å². The maximum Gasteiger partial charge on any atom is 0.335 e. The van der Waals surface area contributed by atoms with Gasteiger partial charge in [0.1, 0.15) is 0 Å². The van der Waals surface area contributed by atoms with Gasteiger partial charge in [-0.1, -0.05) is 30.4 Å². The Labute approximate surface area is 105 Å². The van der Waals surface area contributed by atoms with Crippen molar-refractivity contribution in [2.75, 3.05) is 0 Å². The first-order valence-corrected chi connectivity index (χ1v) is 5.51. The minimum absolute atomic E-state index is 0.287. The molecule has 0 radical (unpaired) electrons. The quantitative estimate of drug-likeness (QED) is 0.889. The van der Waals surface area contributed by atoms with Gasteiger partial charge in [-0.25, -0.2) is 4.79 Å². The molecule has 0 saturated carbocycles. The SMILES string of the molecule is N#CCC=Cc1ccc2cc(C(=O)O)ccc2c1. The van der Waals surface area contributed by atoms with Gasteiger partial charge in [-0.15, -0.1) is 0 Å². The van der Waals surface area contributed by atoms with E-state index >= 15 is 0 Å². The van der Waals surface area contributed by atoms with E-state index in [4.69, 9.17) is 10.4 Å². The third-order valence-electron chi connectivity index (χ3n) is 2.63. The number of carboxylic acid groups (broad SMARTS) is 1. The average Bonchev–Trinajstić information content (AvgIpc) is 2.38. The van der Waals surface area contributed by atoms with Crippen LogP contribution >= 0.6 is 0 Å². The van der Waals surface area contributed by atoms with Crippen molar-refractivity contribution in [3.8, 4) is 6.07 Å². The van der Waals surface area contributed by atoms with Crippen molar-refractivity contribution < 1.29 is 9.90 Å². The molecule has 0 fully saturated rings. The highest BCUT2D eigenvalue weighted by atomic mass is 16.4. The number of fused-ring (bicyclic) bond motifs is 1. The van der Waals surface area contributed by atoms with Crippen LogP contribution in [0.15, 0.2) is 42.5 Å². The zero-order chi connectivity index (χ0) is 13.0. The first-order valence-electron chi connectivity index (χ1n) is 5.51. The van der Waals surface area contributed by atoms with Crippen LogP contribution in [0.2, 0.25) is 0 Å². The maximum atomic E-state index is 10.8. The minimum atomic E-state index is -0.921. The van der Waals surface area contributed by atoms with Crippen molar-refractivity contribution in [1.82, 2.24) is 0 Å². The molecule has 0 bridgehead atoms. The van der Waals surface area contributed by atoms with Crippen molar-refractivity contribution in [3.05, 3.63) is 53.6 Å². The Morgan fingerprint density at radius 2 is 1.94 bits per heavy atom. The molecule has 0 aliphatic carbocycles. The number of hydrogen-bond acceptors (Lipinski definition) is 2. The summed E-state index contributed by atoms with van der Waals surface area (Å²) in [5.41, 5.74) is 1.29. The molecule has 0 amide bonds. The van der Waals surface area contributed by atoms with Crippen LogP contribution in [0.5, 0.6) is 0 Å². The smallest absolute Gasteiger partial charge is 0.335 e. The number of allylic oxidation sites excluding steroid dienone is 1. The standard InChI is InChI=1S/C15H11NO2/c16-8-2-1-3-11-4-5-13-10-14(15(17)18)7-6-12(13)9-11/h1,3-7,9-10H,2H2,(H,17,18). The third-order valence-corrected chi connectivity index (χ3v) is 2.63. The van der Waals surface area contributed by atoms with Gasteiger partial charge in [0.05, 0.1) is 18.1 Å². The predicted octanol–water partition coefficient (Wildman–Crippen LogP) is 3.46. The summed E-state index contributed by atoms with van der Waals surface area (Å²) in [6, 6.07) is 12.8. The molecule has 2 aromatic carbocycles. The summed E-state index contributed by atoms with van der Waals surface area (Å²) in [5.74, 6) is -0.921. The lowest BCUT2D eigenvalue weighted by molar-refractivity contribution is 0.0697. The molecule has 88 valence electrons. The fraction of sp³-hybridized carbons (Fsp3) is 0.0667. The summed E-state index contributed by atoms with van der Waals surface area (Å²) in [6.07, 6.45) is 4.07. The Hall–Kier alpha value is -2.60. The molecule has 2 rings (SSSR count). The van der Waals surface area contributed by atoms with E-state index in [1.54, 1.807) is 24.3 Å². The van der Waals surface area contributed by atoms with Crippen molar-refractivity contribution in [3.63, 3.8) is 0 Å². The van der Waals surface area contributed by atoms with Gasteiger partial charge in [0.2, 0.25) is 0 Å². The van der Waals surface area contributed by atoms with Gasteiger partial charge in [0.25, 0.3) is 0 Å². The van der Waals surface area contributed by atoms with Gasteiger partial charge in [-0.3, -0.25) is 0 Å². The summed E-state index contributed by atoms with van der Waals surface area (Å²) in [5, 5.41) is 19.2. The number of nitrogens with zero attached hydrogens (tertiary/aromatic N) is 1. The maximum absolute atomic E-state index is 10.8. The fourth-order valence-corrected chi connectivity index (χ4v) is 1.75. The Morgan fingerprint density at radius 3 is 2.67 bits per heavy atom. The largest absolute Gasteiger partial charge is 0.478 e. The zero-order valence-electron chi connectivity index (χ0n) is 9.63.